The predicted molar refractivity (Wildman–Crippen MR) is 75.0 cm³/mol. The fourth-order valence-electron chi connectivity index (χ4n) is 2.31. The molecule has 0 radical (unpaired) electrons. The Balaban J connectivity index is 2.20. The van der Waals surface area contributed by atoms with Gasteiger partial charge in [0.2, 0.25) is 6.20 Å². The number of carbonyl (C=O) groups is 1. The Hall–Kier alpha value is -2.95. The Bertz CT molecular complexity index is 723. The molecule has 2 aromatic carbocycles. The van der Waals surface area contributed by atoms with Crippen molar-refractivity contribution in [3.05, 3.63) is 76.5 Å². The minimum absolute atomic E-state index is 0.106. The van der Waals surface area contributed by atoms with Gasteiger partial charge in [0.25, 0.3) is 5.91 Å². The van der Waals surface area contributed by atoms with Crippen molar-refractivity contribution in [3.63, 3.8) is 0 Å². The molecule has 5 heteroatoms. The van der Waals surface area contributed by atoms with E-state index in [4.69, 9.17) is 0 Å². The maximum absolute atomic E-state index is 12.5. The molecule has 20 heavy (non-hydrogen) atoms. The topological polar surface area (TPSA) is 63.4 Å². The third-order valence-electron chi connectivity index (χ3n) is 3.12. The summed E-state index contributed by atoms with van der Waals surface area (Å²) in [5.41, 5.74) is 2.04. The standard InChI is InChI=1S/C15H10N2O3/c18-15-13(10-16(19)20)12-8-4-5-9-14(12)17(15)11-6-2-1-3-7-11/h1-10H. The van der Waals surface area contributed by atoms with Crippen molar-refractivity contribution in [1.29, 1.82) is 0 Å². The van der Waals surface area contributed by atoms with Gasteiger partial charge in [0.1, 0.15) is 5.57 Å². The smallest absolute Gasteiger partial charge is 0.269 e. The van der Waals surface area contributed by atoms with Crippen LogP contribution in [0.2, 0.25) is 0 Å². The Morgan fingerprint density at radius 3 is 2.35 bits per heavy atom. The lowest BCUT2D eigenvalue weighted by atomic mass is 10.1. The fourth-order valence-corrected chi connectivity index (χ4v) is 2.31. The zero-order valence-electron chi connectivity index (χ0n) is 10.4. The summed E-state index contributed by atoms with van der Waals surface area (Å²) in [6.45, 7) is 0. The molecular weight excluding hydrogens is 256 g/mol. The number of carbonyl (C=O) groups excluding carboxylic acids is 1. The molecule has 0 bridgehead atoms. The van der Waals surface area contributed by atoms with E-state index in [1.54, 1.807) is 36.4 Å². The molecule has 0 unspecified atom stereocenters. The molecule has 98 valence electrons. The van der Waals surface area contributed by atoms with E-state index in [0.717, 1.165) is 6.20 Å². The first kappa shape index (κ1) is 12.1. The van der Waals surface area contributed by atoms with Gasteiger partial charge in [0.15, 0.2) is 0 Å². The van der Waals surface area contributed by atoms with E-state index in [1.165, 1.54) is 4.90 Å². The molecule has 0 saturated heterocycles. The molecule has 1 amide bonds. The van der Waals surface area contributed by atoms with Gasteiger partial charge in [-0.1, -0.05) is 36.4 Å². The molecule has 0 spiro atoms. The van der Waals surface area contributed by atoms with E-state index in [9.17, 15) is 14.9 Å². The Morgan fingerprint density at radius 2 is 1.65 bits per heavy atom. The highest BCUT2D eigenvalue weighted by Crippen LogP contribution is 2.40. The number of benzene rings is 2. The summed E-state index contributed by atoms with van der Waals surface area (Å²) in [6, 6.07) is 16.1. The molecule has 1 aliphatic rings. The average molecular weight is 266 g/mol. The molecular formula is C15H10N2O3. The maximum Gasteiger partial charge on any atom is 0.269 e. The number of hydrogen-bond acceptors (Lipinski definition) is 3. The molecule has 0 aliphatic carbocycles. The maximum atomic E-state index is 12.5. The molecule has 0 aromatic heterocycles. The molecule has 3 rings (SSSR count). The largest absolute Gasteiger partial charge is 0.276 e. The van der Waals surface area contributed by atoms with Gasteiger partial charge in [-0.05, 0) is 18.2 Å². The summed E-state index contributed by atoms with van der Waals surface area (Å²) in [5, 5.41) is 10.7. The second kappa shape index (κ2) is 4.62. The lowest BCUT2D eigenvalue weighted by Crippen LogP contribution is -2.20. The van der Waals surface area contributed by atoms with Gasteiger partial charge in [0, 0.05) is 11.3 Å². The first-order valence-electron chi connectivity index (χ1n) is 6.03. The molecule has 0 atom stereocenters. The highest BCUT2D eigenvalue weighted by molar-refractivity contribution is 6.34. The van der Waals surface area contributed by atoms with Crippen LogP contribution in [-0.2, 0) is 4.79 Å². The van der Waals surface area contributed by atoms with Gasteiger partial charge in [-0.3, -0.25) is 19.8 Å². The number of fused-ring (bicyclic) bond motifs is 1. The van der Waals surface area contributed by atoms with Crippen molar-refractivity contribution < 1.29 is 9.72 Å². The number of nitro groups is 1. The highest BCUT2D eigenvalue weighted by Gasteiger charge is 2.35. The first-order valence-corrected chi connectivity index (χ1v) is 6.03. The predicted octanol–water partition coefficient (Wildman–Crippen LogP) is 2.98. The van der Waals surface area contributed by atoms with E-state index in [0.29, 0.717) is 16.9 Å². The van der Waals surface area contributed by atoms with E-state index in [-0.39, 0.29) is 11.5 Å². The quantitative estimate of drug-likeness (QED) is 0.477. The zero-order chi connectivity index (χ0) is 14.1. The monoisotopic (exact) mass is 266 g/mol. The molecule has 1 heterocycles. The highest BCUT2D eigenvalue weighted by atomic mass is 16.6. The lowest BCUT2D eigenvalue weighted by Gasteiger charge is -2.16. The van der Waals surface area contributed by atoms with Crippen LogP contribution in [0, 0.1) is 10.1 Å². The average Bonchev–Trinajstić information content (AvgIpc) is 2.72. The Kier molecular flexibility index (Phi) is 2.80. The third kappa shape index (κ3) is 1.85. The summed E-state index contributed by atoms with van der Waals surface area (Å²) in [6.07, 6.45) is 0.768. The molecule has 2 aromatic rings. The van der Waals surface area contributed by atoms with Gasteiger partial charge in [-0.2, -0.15) is 0 Å². The SMILES string of the molecule is O=C1C(=C[N+](=O)[O-])c2ccccc2N1c1ccccc1. The summed E-state index contributed by atoms with van der Waals surface area (Å²) in [4.78, 5) is 24.1. The number of para-hydroxylation sites is 2. The van der Waals surface area contributed by atoms with Crippen molar-refractivity contribution in [1.82, 2.24) is 0 Å². The van der Waals surface area contributed by atoms with E-state index in [2.05, 4.69) is 0 Å². The number of hydrogen-bond donors (Lipinski definition) is 0. The van der Waals surface area contributed by atoms with Crippen molar-refractivity contribution in [2.45, 2.75) is 0 Å². The number of nitrogens with zero attached hydrogens (tertiary/aromatic N) is 2. The van der Waals surface area contributed by atoms with Gasteiger partial charge in [-0.15, -0.1) is 0 Å². The van der Waals surface area contributed by atoms with Crippen molar-refractivity contribution >= 4 is 22.9 Å². The second-order valence-corrected chi connectivity index (χ2v) is 4.32. The lowest BCUT2D eigenvalue weighted by molar-refractivity contribution is -0.401. The van der Waals surface area contributed by atoms with Gasteiger partial charge >= 0.3 is 0 Å². The number of rotatable bonds is 2. The Morgan fingerprint density at radius 1 is 1.00 bits per heavy atom. The summed E-state index contributed by atoms with van der Waals surface area (Å²) in [5.74, 6) is -0.380. The minimum atomic E-state index is -0.599. The summed E-state index contributed by atoms with van der Waals surface area (Å²) < 4.78 is 0. The molecule has 0 N–H and O–H groups in total. The van der Waals surface area contributed by atoms with Crippen LogP contribution in [0.4, 0.5) is 11.4 Å². The van der Waals surface area contributed by atoms with Gasteiger partial charge in [-0.25, -0.2) is 0 Å². The second-order valence-electron chi connectivity index (χ2n) is 4.32. The van der Waals surface area contributed by atoms with Crippen LogP contribution in [0.3, 0.4) is 0 Å². The normalized spacial score (nSPS) is 15.5. The van der Waals surface area contributed by atoms with E-state index >= 15 is 0 Å². The Labute approximate surface area is 114 Å². The van der Waals surface area contributed by atoms with Crippen LogP contribution in [0.15, 0.2) is 60.8 Å². The molecule has 0 fully saturated rings. The van der Waals surface area contributed by atoms with E-state index in [1.807, 2.05) is 18.2 Å². The summed E-state index contributed by atoms with van der Waals surface area (Å²) >= 11 is 0. The van der Waals surface area contributed by atoms with Crippen molar-refractivity contribution in [3.8, 4) is 0 Å². The molecule has 0 saturated carbocycles. The molecule has 5 nitrogen and oxygen atoms in total. The molecule has 1 aliphatic heterocycles. The summed E-state index contributed by atoms with van der Waals surface area (Å²) in [7, 11) is 0. The number of anilines is 2. The van der Waals surface area contributed by atoms with Gasteiger partial charge < -0.3 is 0 Å². The van der Waals surface area contributed by atoms with Crippen molar-refractivity contribution in [2.24, 2.45) is 0 Å². The fraction of sp³-hybridized carbons (Fsp3) is 0. The zero-order valence-corrected chi connectivity index (χ0v) is 10.4. The first-order chi connectivity index (χ1) is 9.68. The minimum Gasteiger partial charge on any atom is -0.276 e. The number of amides is 1. The van der Waals surface area contributed by atoms with Crippen LogP contribution in [0.5, 0.6) is 0 Å². The van der Waals surface area contributed by atoms with Crippen LogP contribution in [0.1, 0.15) is 5.56 Å². The van der Waals surface area contributed by atoms with Crippen LogP contribution < -0.4 is 4.90 Å². The van der Waals surface area contributed by atoms with Crippen molar-refractivity contribution in [2.75, 3.05) is 4.90 Å². The van der Waals surface area contributed by atoms with Crippen LogP contribution >= 0.6 is 0 Å². The van der Waals surface area contributed by atoms with Gasteiger partial charge in [0.05, 0.1) is 10.6 Å². The van der Waals surface area contributed by atoms with E-state index < -0.39 is 4.92 Å². The van der Waals surface area contributed by atoms with Crippen LogP contribution in [0.25, 0.3) is 5.57 Å². The van der Waals surface area contributed by atoms with Crippen LogP contribution in [-0.4, -0.2) is 10.8 Å². The third-order valence-corrected chi connectivity index (χ3v) is 3.12.